The third-order valence-corrected chi connectivity index (χ3v) is 4.31. The predicted octanol–water partition coefficient (Wildman–Crippen LogP) is 3.44. The average Bonchev–Trinajstić information content (AvgIpc) is 2.72. The molecule has 0 saturated carbocycles. The van der Waals surface area contributed by atoms with Crippen LogP contribution in [0.3, 0.4) is 0 Å². The van der Waals surface area contributed by atoms with Gasteiger partial charge in [-0.25, -0.2) is 4.79 Å². The standard InChI is InChI=1S/C20H19F2N3O3/c21-19(22)28-17-6-2-5-16(10-17)18-13-25(7-8-27-18)20(26)24-12-15-4-1-3-14(9-15)11-23/h1-6,9-10,18-19H,7-8,12-13H2,(H,24,26)/t18-/m1/s1. The summed E-state index contributed by atoms with van der Waals surface area (Å²) in [5.41, 5.74) is 2.02. The quantitative estimate of drug-likeness (QED) is 0.853. The minimum atomic E-state index is -2.90. The van der Waals surface area contributed by atoms with Crippen molar-refractivity contribution in [3.05, 3.63) is 65.2 Å². The monoisotopic (exact) mass is 387 g/mol. The van der Waals surface area contributed by atoms with Gasteiger partial charge in [0.25, 0.3) is 0 Å². The average molecular weight is 387 g/mol. The lowest BCUT2D eigenvalue weighted by atomic mass is 10.1. The number of nitriles is 1. The Balaban J connectivity index is 1.59. The maximum absolute atomic E-state index is 12.5. The lowest BCUT2D eigenvalue weighted by molar-refractivity contribution is -0.0503. The molecule has 2 aromatic rings. The second-order valence-corrected chi connectivity index (χ2v) is 6.23. The van der Waals surface area contributed by atoms with Crippen LogP contribution in [-0.2, 0) is 11.3 Å². The van der Waals surface area contributed by atoms with E-state index in [0.717, 1.165) is 5.56 Å². The second kappa shape index (κ2) is 9.15. The van der Waals surface area contributed by atoms with Gasteiger partial charge in [-0.2, -0.15) is 14.0 Å². The van der Waals surface area contributed by atoms with Crippen molar-refractivity contribution in [2.24, 2.45) is 0 Å². The van der Waals surface area contributed by atoms with Gasteiger partial charge in [0.2, 0.25) is 0 Å². The predicted molar refractivity (Wildman–Crippen MR) is 96.7 cm³/mol. The summed E-state index contributed by atoms with van der Waals surface area (Å²) < 4.78 is 34.9. The first-order chi connectivity index (χ1) is 13.5. The van der Waals surface area contributed by atoms with Gasteiger partial charge in [-0.1, -0.05) is 24.3 Å². The fourth-order valence-electron chi connectivity index (χ4n) is 2.97. The molecule has 146 valence electrons. The number of hydrogen-bond donors (Lipinski definition) is 1. The van der Waals surface area contributed by atoms with E-state index in [1.807, 2.05) is 6.07 Å². The first-order valence-corrected chi connectivity index (χ1v) is 8.73. The number of amides is 2. The number of carbonyl (C=O) groups is 1. The maximum atomic E-state index is 12.5. The van der Waals surface area contributed by atoms with Crippen molar-refractivity contribution in [3.63, 3.8) is 0 Å². The Morgan fingerprint density at radius 3 is 2.93 bits per heavy atom. The Labute approximate surface area is 161 Å². The van der Waals surface area contributed by atoms with Gasteiger partial charge in [0.05, 0.1) is 24.8 Å². The highest BCUT2D eigenvalue weighted by Gasteiger charge is 2.25. The number of alkyl halides is 2. The normalized spacial score (nSPS) is 16.5. The van der Waals surface area contributed by atoms with Crippen molar-refractivity contribution in [1.82, 2.24) is 10.2 Å². The molecule has 3 rings (SSSR count). The van der Waals surface area contributed by atoms with Gasteiger partial charge >= 0.3 is 12.6 Å². The summed E-state index contributed by atoms with van der Waals surface area (Å²) in [7, 11) is 0. The molecule has 1 aliphatic rings. The van der Waals surface area contributed by atoms with Gasteiger partial charge in [0.15, 0.2) is 0 Å². The topological polar surface area (TPSA) is 74.6 Å². The lowest BCUT2D eigenvalue weighted by Gasteiger charge is -2.33. The Kier molecular flexibility index (Phi) is 6.40. The fraction of sp³-hybridized carbons (Fsp3) is 0.300. The number of hydrogen-bond acceptors (Lipinski definition) is 4. The van der Waals surface area contributed by atoms with Crippen LogP contribution < -0.4 is 10.1 Å². The fourth-order valence-corrected chi connectivity index (χ4v) is 2.97. The molecule has 2 amide bonds. The molecule has 0 aliphatic carbocycles. The zero-order chi connectivity index (χ0) is 19.9. The SMILES string of the molecule is N#Cc1cccc(CNC(=O)N2CCO[C@@H](c3cccc(OC(F)F)c3)C2)c1. The summed E-state index contributed by atoms with van der Waals surface area (Å²) in [4.78, 5) is 14.1. The van der Waals surface area contributed by atoms with Crippen LogP contribution >= 0.6 is 0 Å². The van der Waals surface area contributed by atoms with Crippen LogP contribution in [0.2, 0.25) is 0 Å². The van der Waals surface area contributed by atoms with Crippen LogP contribution in [-0.4, -0.2) is 37.2 Å². The number of morpholine rings is 1. The van der Waals surface area contributed by atoms with E-state index >= 15 is 0 Å². The molecule has 1 heterocycles. The molecule has 0 aromatic heterocycles. The Hall–Kier alpha value is -3.18. The minimum Gasteiger partial charge on any atom is -0.435 e. The number of nitrogens with zero attached hydrogens (tertiary/aromatic N) is 2. The van der Waals surface area contributed by atoms with Gasteiger partial charge in [0.1, 0.15) is 11.9 Å². The summed E-state index contributed by atoms with van der Waals surface area (Å²) in [6, 6.07) is 15.1. The van der Waals surface area contributed by atoms with E-state index in [4.69, 9.17) is 10.00 Å². The zero-order valence-corrected chi connectivity index (χ0v) is 15.0. The molecule has 28 heavy (non-hydrogen) atoms. The smallest absolute Gasteiger partial charge is 0.387 e. The molecule has 1 aliphatic heterocycles. The van der Waals surface area contributed by atoms with Crippen LogP contribution in [0, 0.1) is 11.3 Å². The van der Waals surface area contributed by atoms with Gasteiger partial charge in [-0.3, -0.25) is 0 Å². The molecule has 0 bridgehead atoms. The molecular formula is C20H19F2N3O3. The van der Waals surface area contributed by atoms with Gasteiger partial charge in [-0.05, 0) is 35.4 Å². The number of nitrogens with one attached hydrogen (secondary N) is 1. The molecule has 1 saturated heterocycles. The minimum absolute atomic E-state index is 0.0510. The van der Waals surface area contributed by atoms with Crippen molar-refractivity contribution in [1.29, 1.82) is 5.26 Å². The Morgan fingerprint density at radius 1 is 1.32 bits per heavy atom. The number of benzene rings is 2. The van der Waals surface area contributed by atoms with Crippen molar-refractivity contribution < 1.29 is 23.0 Å². The maximum Gasteiger partial charge on any atom is 0.387 e. The molecule has 2 aromatic carbocycles. The summed E-state index contributed by atoms with van der Waals surface area (Å²) in [6.45, 7) is -1.55. The zero-order valence-electron chi connectivity index (χ0n) is 15.0. The van der Waals surface area contributed by atoms with Gasteiger partial charge in [-0.15, -0.1) is 0 Å². The van der Waals surface area contributed by atoms with E-state index in [-0.39, 0.29) is 11.8 Å². The van der Waals surface area contributed by atoms with Crippen LogP contribution in [0.5, 0.6) is 5.75 Å². The van der Waals surface area contributed by atoms with E-state index in [1.165, 1.54) is 12.1 Å². The van der Waals surface area contributed by atoms with Crippen molar-refractivity contribution in [2.75, 3.05) is 19.7 Å². The molecule has 1 N–H and O–H groups in total. The number of ether oxygens (including phenoxy) is 2. The summed E-state index contributed by atoms with van der Waals surface area (Å²) in [6.07, 6.45) is -0.428. The van der Waals surface area contributed by atoms with E-state index in [1.54, 1.807) is 35.2 Å². The summed E-state index contributed by atoms with van der Waals surface area (Å²) >= 11 is 0. The third kappa shape index (κ3) is 5.18. The molecule has 6 nitrogen and oxygen atoms in total. The summed E-state index contributed by atoms with van der Waals surface area (Å²) in [5, 5.41) is 11.8. The highest BCUT2D eigenvalue weighted by Crippen LogP contribution is 2.26. The highest BCUT2D eigenvalue weighted by atomic mass is 19.3. The lowest BCUT2D eigenvalue weighted by Crippen LogP contribution is -2.46. The van der Waals surface area contributed by atoms with Crippen LogP contribution in [0.25, 0.3) is 0 Å². The molecule has 0 radical (unpaired) electrons. The second-order valence-electron chi connectivity index (χ2n) is 6.23. The molecule has 0 spiro atoms. The van der Waals surface area contributed by atoms with Gasteiger partial charge < -0.3 is 19.7 Å². The highest BCUT2D eigenvalue weighted by molar-refractivity contribution is 5.74. The number of rotatable bonds is 5. The largest absolute Gasteiger partial charge is 0.435 e. The van der Waals surface area contributed by atoms with Crippen LogP contribution in [0.4, 0.5) is 13.6 Å². The molecule has 8 heteroatoms. The Morgan fingerprint density at radius 2 is 2.14 bits per heavy atom. The van der Waals surface area contributed by atoms with E-state index in [9.17, 15) is 13.6 Å². The van der Waals surface area contributed by atoms with Crippen molar-refractivity contribution in [2.45, 2.75) is 19.3 Å². The number of halogens is 2. The van der Waals surface area contributed by atoms with E-state index < -0.39 is 12.7 Å². The Bertz CT molecular complexity index is 870. The molecular weight excluding hydrogens is 368 g/mol. The number of urea groups is 1. The first kappa shape index (κ1) is 19.6. The van der Waals surface area contributed by atoms with Crippen molar-refractivity contribution in [3.8, 4) is 11.8 Å². The van der Waals surface area contributed by atoms with Crippen molar-refractivity contribution >= 4 is 6.03 Å². The third-order valence-electron chi connectivity index (χ3n) is 4.31. The summed E-state index contributed by atoms with van der Waals surface area (Å²) in [5.74, 6) is 0.0510. The van der Waals surface area contributed by atoms with E-state index in [2.05, 4.69) is 16.1 Å². The molecule has 1 atom stereocenters. The van der Waals surface area contributed by atoms with Crippen LogP contribution in [0.15, 0.2) is 48.5 Å². The van der Waals surface area contributed by atoms with Gasteiger partial charge in [0, 0.05) is 13.1 Å². The molecule has 1 fully saturated rings. The first-order valence-electron chi connectivity index (χ1n) is 8.73. The molecule has 0 unspecified atom stereocenters. The number of carbonyl (C=O) groups excluding carboxylic acids is 1. The van der Waals surface area contributed by atoms with E-state index in [0.29, 0.717) is 37.4 Å². The van der Waals surface area contributed by atoms with Crippen LogP contribution in [0.1, 0.15) is 22.8 Å².